The van der Waals surface area contributed by atoms with Crippen molar-refractivity contribution < 1.29 is 8.98 Å². The average Bonchev–Trinajstić information content (AvgIpc) is 2.04. The smallest absolute Gasteiger partial charge is 0.375 e. The molecule has 0 unspecified atom stereocenters. The van der Waals surface area contributed by atoms with E-state index in [4.69, 9.17) is 0 Å². The van der Waals surface area contributed by atoms with E-state index in [1.165, 1.54) is 0 Å². The Morgan fingerprint density at radius 1 is 1.54 bits per heavy atom. The van der Waals surface area contributed by atoms with Crippen molar-refractivity contribution in [1.82, 2.24) is 0 Å². The second-order valence-electron chi connectivity index (χ2n) is 2.53. The van der Waals surface area contributed by atoms with E-state index in [1.54, 1.807) is 6.26 Å². The number of rotatable bonds is 2. The highest BCUT2D eigenvalue weighted by atomic mass is 32.2. The third-order valence-electron chi connectivity index (χ3n) is 1.42. The zero-order valence-electron chi connectivity index (χ0n) is 7.53. The molecule has 0 atom stereocenters. The molecule has 70 valence electrons. The molecule has 0 bridgehead atoms. The molecule has 0 radical (unpaired) electrons. The second-order valence-corrected chi connectivity index (χ2v) is 3.03. The summed E-state index contributed by atoms with van der Waals surface area (Å²) in [5.74, 6) is 0. The van der Waals surface area contributed by atoms with Crippen molar-refractivity contribution in [3.05, 3.63) is 29.8 Å². The van der Waals surface area contributed by atoms with Gasteiger partial charge in [-0.05, 0) is 24.6 Å². The lowest BCUT2D eigenvalue weighted by atomic mass is 10.2. The van der Waals surface area contributed by atoms with Gasteiger partial charge < -0.3 is 4.18 Å². The number of benzene rings is 1. The number of nitrogens with one attached hydrogen (secondary N) is 1. The fraction of sp³-hybridized carbons (Fsp3) is 0.222. The number of hydrogen-bond donors (Lipinski definition) is 1. The Hall–Kier alpha value is -1.16. The summed E-state index contributed by atoms with van der Waals surface area (Å²) in [5, 5.41) is 2.60. The van der Waals surface area contributed by atoms with E-state index in [9.17, 15) is 4.79 Å². The molecule has 13 heavy (non-hydrogen) atoms. The molecule has 0 aromatic heterocycles. The van der Waals surface area contributed by atoms with Crippen LogP contribution in [0.15, 0.2) is 24.3 Å². The van der Waals surface area contributed by atoms with Crippen LogP contribution in [-0.4, -0.2) is 12.3 Å². The van der Waals surface area contributed by atoms with Crippen LogP contribution >= 0.6 is 12.0 Å². The molecular formula is C9H11NO2S. The third kappa shape index (κ3) is 3.38. The van der Waals surface area contributed by atoms with E-state index in [0.717, 1.165) is 23.3 Å². The summed E-state index contributed by atoms with van der Waals surface area (Å²) in [6.07, 6.45) is 1.24. The van der Waals surface area contributed by atoms with Gasteiger partial charge in [0.1, 0.15) is 0 Å². The molecule has 0 aliphatic carbocycles. The SMILES string of the molecule is CSOC(=O)Nc1cccc(C)c1. The van der Waals surface area contributed by atoms with Gasteiger partial charge in [0.05, 0.1) is 12.0 Å². The summed E-state index contributed by atoms with van der Waals surface area (Å²) in [5.41, 5.74) is 1.85. The number of carbonyl (C=O) groups excluding carboxylic acids is 1. The van der Waals surface area contributed by atoms with Crippen LogP contribution in [0.25, 0.3) is 0 Å². The molecule has 1 aromatic carbocycles. The van der Waals surface area contributed by atoms with Gasteiger partial charge >= 0.3 is 6.09 Å². The third-order valence-corrected chi connectivity index (χ3v) is 1.74. The van der Waals surface area contributed by atoms with Crippen LogP contribution in [0.4, 0.5) is 10.5 Å². The molecule has 4 heteroatoms. The van der Waals surface area contributed by atoms with Crippen molar-refractivity contribution in [2.24, 2.45) is 0 Å². The van der Waals surface area contributed by atoms with E-state index in [1.807, 2.05) is 31.2 Å². The Morgan fingerprint density at radius 2 is 2.31 bits per heavy atom. The molecule has 1 aromatic rings. The van der Waals surface area contributed by atoms with Gasteiger partial charge in [-0.25, -0.2) is 4.79 Å². The molecule has 0 aliphatic rings. The maximum Gasteiger partial charge on any atom is 0.423 e. The molecule has 0 fully saturated rings. The molecule has 3 nitrogen and oxygen atoms in total. The molecule has 0 saturated heterocycles. The van der Waals surface area contributed by atoms with Gasteiger partial charge in [0.15, 0.2) is 0 Å². The number of carbonyl (C=O) groups is 1. The molecule has 1 N–H and O–H groups in total. The van der Waals surface area contributed by atoms with Crippen LogP contribution in [0.5, 0.6) is 0 Å². The number of hydrogen-bond acceptors (Lipinski definition) is 3. The maximum absolute atomic E-state index is 11.0. The van der Waals surface area contributed by atoms with Gasteiger partial charge in [0, 0.05) is 11.9 Å². The normalized spacial score (nSPS) is 9.38. The van der Waals surface area contributed by atoms with Gasteiger partial charge in [-0.1, -0.05) is 12.1 Å². The Labute approximate surface area is 81.7 Å². The van der Waals surface area contributed by atoms with Crippen LogP contribution in [0.2, 0.25) is 0 Å². The first-order chi connectivity index (χ1) is 6.22. The predicted octanol–water partition coefficient (Wildman–Crippen LogP) is 2.82. The number of amides is 1. The first kappa shape index (κ1) is 9.92. The van der Waals surface area contributed by atoms with Crippen molar-refractivity contribution in [2.75, 3.05) is 11.6 Å². The zero-order valence-corrected chi connectivity index (χ0v) is 8.35. The molecule has 0 spiro atoms. The Kier molecular flexibility index (Phi) is 3.64. The minimum atomic E-state index is -0.446. The highest BCUT2D eigenvalue weighted by molar-refractivity contribution is 7.94. The molecule has 1 amide bonds. The number of aryl methyl sites for hydroxylation is 1. The molecule has 0 saturated carbocycles. The van der Waals surface area contributed by atoms with E-state index in [2.05, 4.69) is 9.50 Å². The van der Waals surface area contributed by atoms with Crippen LogP contribution in [-0.2, 0) is 4.18 Å². The fourth-order valence-electron chi connectivity index (χ4n) is 0.937. The van der Waals surface area contributed by atoms with E-state index in [0.29, 0.717) is 0 Å². The molecular weight excluding hydrogens is 186 g/mol. The Morgan fingerprint density at radius 3 is 2.92 bits per heavy atom. The largest absolute Gasteiger partial charge is 0.423 e. The van der Waals surface area contributed by atoms with Gasteiger partial charge in [-0.15, -0.1) is 0 Å². The lowest BCUT2D eigenvalue weighted by molar-refractivity contribution is 0.223. The van der Waals surface area contributed by atoms with Gasteiger partial charge in [0.2, 0.25) is 0 Å². The predicted molar refractivity (Wildman–Crippen MR) is 54.8 cm³/mol. The summed E-state index contributed by atoms with van der Waals surface area (Å²) in [6, 6.07) is 7.53. The van der Waals surface area contributed by atoms with Gasteiger partial charge in [-0.3, -0.25) is 5.32 Å². The van der Waals surface area contributed by atoms with Crippen LogP contribution < -0.4 is 5.32 Å². The lowest BCUT2D eigenvalue weighted by Gasteiger charge is -2.03. The van der Waals surface area contributed by atoms with Crippen molar-refractivity contribution in [3.63, 3.8) is 0 Å². The van der Waals surface area contributed by atoms with Crippen molar-refractivity contribution >= 4 is 23.8 Å². The Balaban J connectivity index is 2.58. The van der Waals surface area contributed by atoms with Gasteiger partial charge in [0.25, 0.3) is 0 Å². The van der Waals surface area contributed by atoms with Crippen LogP contribution in [0.3, 0.4) is 0 Å². The number of anilines is 1. The average molecular weight is 197 g/mol. The second kappa shape index (κ2) is 4.77. The standard InChI is InChI=1S/C9H11NO2S/c1-7-4-3-5-8(6-7)10-9(11)12-13-2/h3-6H,1-2H3,(H,10,11). The molecule has 1 rings (SSSR count). The lowest BCUT2D eigenvalue weighted by Crippen LogP contribution is -2.09. The van der Waals surface area contributed by atoms with Gasteiger partial charge in [-0.2, -0.15) is 0 Å². The Bertz CT molecular complexity index is 301. The fourth-order valence-corrected chi connectivity index (χ4v) is 1.13. The maximum atomic E-state index is 11.0. The minimum absolute atomic E-state index is 0.446. The minimum Gasteiger partial charge on any atom is -0.375 e. The summed E-state index contributed by atoms with van der Waals surface area (Å²) in [7, 11) is 0. The highest BCUT2D eigenvalue weighted by Gasteiger charge is 2.01. The van der Waals surface area contributed by atoms with Crippen LogP contribution in [0.1, 0.15) is 5.56 Å². The highest BCUT2D eigenvalue weighted by Crippen LogP contribution is 2.10. The first-order valence-electron chi connectivity index (χ1n) is 3.80. The molecule has 0 heterocycles. The van der Waals surface area contributed by atoms with Crippen molar-refractivity contribution in [1.29, 1.82) is 0 Å². The topological polar surface area (TPSA) is 38.3 Å². The van der Waals surface area contributed by atoms with E-state index in [-0.39, 0.29) is 0 Å². The van der Waals surface area contributed by atoms with Crippen molar-refractivity contribution in [2.45, 2.75) is 6.92 Å². The van der Waals surface area contributed by atoms with Crippen LogP contribution in [0, 0.1) is 6.92 Å². The van der Waals surface area contributed by atoms with E-state index >= 15 is 0 Å². The van der Waals surface area contributed by atoms with Crippen molar-refractivity contribution in [3.8, 4) is 0 Å². The quantitative estimate of drug-likeness (QED) is 0.741. The molecule has 0 aliphatic heterocycles. The zero-order chi connectivity index (χ0) is 9.68. The van der Waals surface area contributed by atoms with E-state index < -0.39 is 6.09 Å². The first-order valence-corrected chi connectivity index (χ1v) is 4.95. The summed E-state index contributed by atoms with van der Waals surface area (Å²) < 4.78 is 4.65. The summed E-state index contributed by atoms with van der Waals surface area (Å²) >= 11 is 1.02. The summed E-state index contributed by atoms with van der Waals surface area (Å²) in [4.78, 5) is 11.0. The monoisotopic (exact) mass is 197 g/mol. The summed E-state index contributed by atoms with van der Waals surface area (Å²) in [6.45, 7) is 1.96.